The van der Waals surface area contributed by atoms with Crippen LogP contribution in [0.1, 0.15) is 25.3 Å². The van der Waals surface area contributed by atoms with Gasteiger partial charge in [0.05, 0.1) is 26.9 Å². The van der Waals surface area contributed by atoms with E-state index in [2.05, 4.69) is 29.8 Å². The van der Waals surface area contributed by atoms with Gasteiger partial charge in [-0.3, -0.25) is 0 Å². The van der Waals surface area contributed by atoms with Crippen molar-refractivity contribution in [2.24, 2.45) is 0 Å². The summed E-state index contributed by atoms with van der Waals surface area (Å²) in [6.07, 6.45) is 0. The highest BCUT2D eigenvalue weighted by Gasteiger charge is 2.21. The van der Waals surface area contributed by atoms with Gasteiger partial charge in [0, 0.05) is 17.1 Å². The first-order chi connectivity index (χ1) is 13.0. The monoisotopic (exact) mass is 440 g/mol. The fourth-order valence-electron chi connectivity index (χ4n) is 2.67. The zero-order chi connectivity index (χ0) is 19.8. The first kappa shape index (κ1) is 21.7. The summed E-state index contributed by atoms with van der Waals surface area (Å²) in [5.74, 6) is 1.24. The Bertz CT molecular complexity index is 732. The molecule has 0 saturated carbocycles. The van der Waals surface area contributed by atoms with Gasteiger partial charge in [0.25, 0.3) is 0 Å². The molecular weight excluding hydrogens is 415 g/mol. The molecule has 0 atom stereocenters. The molecule has 0 radical (unpaired) electrons. The van der Waals surface area contributed by atoms with Gasteiger partial charge in [-0.1, -0.05) is 26.0 Å². The minimum atomic E-state index is -0.282. The van der Waals surface area contributed by atoms with Crippen molar-refractivity contribution in [2.45, 2.75) is 19.8 Å². The number of benzene rings is 2. The minimum absolute atomic E-state index is 0.277. The van der Waals surface area contributed by atoms with E-state index in [1.165, 1.54) is 12.1 Å². The van der Waals surface area contributed by atoms with Gasteiger partial charge in [-0.2, -0.15) is 0 Å². The summed E-state index contributed by atoms with van der Waals surface area (Å²) in [6, 6.07) is 8.33. The molecule has 2 rings (SSSR count). The zero-order valence-electron chi connectivity index (χ0n) is 16.2. The van der Waals surface area contributed by atoms with Crippen LogP contribution in [0.3, 0.4) is 0 Å². The van der Waals surface area contributed by atoms with Gasteiger partial charge in [-0.05, 0) is 51.2 Å². The molecule has 2 aromatic rings. The normalized spacial score (nSPS) is 11.1. The van der Waals surface area contributed by atoms with Crippen LogP contribution < -0.4 is 9.47 Å². The summed E-state index contributed by atoms with van der Waals surface area (Å²) >= 11 is 3.72. The smallest absolute Gasteiger partial charge is 0.170 e. The van der Waals surface area contributed by atoms with E-state index >= 15 is 0 Å². The Balaban J connectivity index is 2.39. The standard InChI is InChI=1S/C21H26BrFO4/c1-14(2)17-13-18(25-4)21(27-12-11-26-10-9-24-3)19(20(17)22)15-5-7-16(23)8-6-15/h5-8,13-14H,9-12H2,1-4H3. The van der Waals surface area contributed by atoms with E-state index in [9.17, 15) is 4.39 Å². The number of rotatable bonds is 10. The van der Waals surface area contributed by atoms with E-state index in [0.29, 0.717) is 37.9 Å². The third-order valence-corrected chi connectivity index (χ3v) is 4.95. The molecule has 0 aromatic heterocycles. The molecule has 0 aliphatic rings. The summed E-state index contributed by atoms with van der Waals surface area (Å²) in [6.45, 7) is 6.06. The van der Waals surface area contributed by atoms with Crippen LogP contribution >= 0.6 is 15.9 Å². The first-order valence-electron chi connectivity index (χ1n) is 8.85. The molecule has 0 unspecified atom stereocenters. The third-order valence-electron chi connectivity index (χ3n) is 4.09. The Morgan fingerprint density at radius 3 is 2.26 bits per heavy atom. The number of hydrogen-bond acceptors (Lipinski definition) is 4. The number of halogens is 2. The fraction of sp³-hybridized carbons (Fsp3) is 0.429. The molecule has 2 aromatic carbocycles. The van der Waals surface area contributed by atoms with E-state index in [4.69, 9.17) is 18.9 Å². The largest absolute Gasteiger partial charge is 0.493 e. The number of ether oxygens (including phenoxy) is 4. The van der Waals surface area contributed by atoms with Gasteiger partial charge in [-0.15, -0.1) is 0 Å². The van der Waals surface area contributed by atoms with Crippen molar-refractivity contribution in [3.8, 4) is 22.6 Å². The van der Waals surface area contributed by atoms with Crippen LogP contribution in [0.15, 0.2) is 34.8 Å². The quantitative estimate of drug-likeness (QED) is 0.461. The van der Waals surface area contributed by atoms with E-state index < -0.39 is 0 Å². The topological polar surface area (TPSA) is 36.9 Å². The molecule has 0 amide bonds. The van der Waals surface area contributed by atoms with Crippen molar-refractivity contribution >= 4 is 15.9 Å². The van der Waals surface area contributed by atoms with Crippen molar-refractivity contribution in [3.63, 3.8) is 0 Å². The maximum absolute atomic E-state index is 13.4. The van der Waals surface area contributed by atoms with Gasteiger partial charge in [0.2, 0.25) is 0 Å². The van der Waals surface area contributed by atoms with Crippen LogP contribution in [-0.4, -0.2) is 40.6 Å². The van der Waals surface area contributed by atoms with E-state index in [1.54, 1.807) is 26.4 Å². The van der Waals surface area contributed by atoms with E-state index in [-0.39, 0.29) is 11.7 Å². The predicted molar refractivity (Wildman–Crippen MR) is 108 cm³/mol. The number of methoxy groups -OCH3 is 2. The molecule has 27 heavy (non-hydrogen) atoms. The summed E-state index contributed by atoms with van der Waals surface area (Å²) in [5.41, 5.74) is 2.78. The summed E-state index contributed by atoms with van der Waals surface area (Å²) < 4.78 is 36.4. The van der Waals surface area contributed by atoms with Crippen molar-refractivity contribution in [1.29, 1.82) is 0 Å². The van der Waals surface area contributed by atoms with Crippen LogP contribution in [-0.2, 0) is 9.47 Å². The van der Waals surface area contributed by atoms with Gasteiger partial charge in [0.15, 0.2) is 11.5 Å². The molecule has 0 heterocycles. The van der Waals surface area contributed by atoms with Crippen LogP contribution in [0, 0.1) is 5.82 Å². The molecule has 4 nitrogen and oxygen atoms in total. The molecule has 0 N–H and O–H groups in total. The van der Waals surface area contributed by atoms with Crippen molar-refractivity contribution < 1.29 is 23.3 Å². The molecule has 0 fully saturated rings. The lowest BCUT2D eigenvalue weighted by atomic mass is 9.95. The van der Waals surface area contributed by atoms with Crippen LogP contribution in [0.25, 0.3) is 11.1 Å². The predicted octanol–water partition coefficient (Wildman–Crippen LogP) is 5.43. The zero-order valence-corrected chi connectivity index (χ0v) is 17.8. The first-order valence-corrected chi connectivity index (χ1v) is 9.64. The maximum atomic E-state index is 13.4. The molecule has 0 saturated heterocycles. The highest BCUT2D eigenvalue weighted by atomic mass is 79.9. The van der Waals surface area contributed by atoms with Crippen LogP contribution in [0.2, 0.25) is 0 Å². The van der Waals surface area contributed by atoms with Gasteiger partial charge in [0.1, 0.15) is 12.4 Å². The van der Waals surface area contributed by atoms with Crippen LogP contribution in [0.4, 0.5) is 4.39 Å². The van der Waals surface area contributed by atoms with Crippen molar-refractivity contribution in [1.82, 2.24) is 0 Å². The van der Waals surface area contributed by atoms with Crippen LogP contribution in [0.5, 0.6) is 11.5 Å². The molecule has 0 aliphatic heterocycles. The van der Waals surface area contributed by atoms with Crippen molar-refractivity contribution in [3.05, 3.63) is 46.2 Å². The van der Waals surface area contributed by atoms with E-state index in [0.717, 1.165) is 21.2 Å². The Morgan fingerprint density at radius 1 is 1.00 bits per heavy atom. The Hall–Kier alpha value is -1.63. The van der Waals surface area contributed by atoms with Gasteiger partial charge < -0.3 is 18.9 Å². The average molecular weight is 441 g/mol. The Kier molecular flexibility index (Phi) is 8.54. The highest BCUT2D eigenvalue weighted by Crippen LogP contribution is 2.47. The Labute approximate surface area is 168 Å². The van der Waals surface area contributed by atoms with Gasteiger partial charge >= 0.3 is 0 Å². The Morgan fingerprint density at radius 2 is 1.67 bits per heavy atom. The molecular formula is C21H26BrFO4. The minimum Gasteiger partial charge on any atom is -0.493 e. The van der Waals surface area contributed by atoms with E-state index in [1.807, 2.05) is 6.07 Å². The molecule has 0 aliphatic carbocycles. The lowest BCUT2D eigenvalue weighted by Gasteiger charge is -2.21. The van der Waals surface area contributed by atoms with Crippen molar-refractivity contribution in [2.75, 3.05) is 40.6 Å². The maximum Gasteiger partial charge on any atom is 0.170 e. The lowest BCUT2D eigenvalue weighted by Crippen LogP contribution is -2.11. The van der Waals surface area contributed by atoms with Gasteiger partial charge in [-0.25, -0.2) is 4.39 Å². The summed E-state index contributed by atoms with van der Waals surface area (Å²) in [5, 5.41) is 0. The second kappa shape index (κ2) is 10.6. The fourth-order valence-corrected chi connectivity index (χ4v) is 3.66. The molecule has 6 heteroatoms. The SMILES string of the molecule is COCCOCCOc1c(OC)cc(C(C)C)c(Br)c1-c1ccc(F)cc1. The summed E-state index contributed by atoms with van der Waals surface area (Å²) in [4.78, 5) is 0. The molecule has 0 spiro atoms. The number of hydrogen-bond donors (Lipinski definition) is 0. The second-order valence-corrected chi connectivity index (χ2v) is 7.09. The second-order valence-electron chi connectivity index (χ2n) is 6.30. The summed E-state index contributed by atoms with van der Waals surface area (Å²) in [7, 11) is 3.25. The molecule has 148 valence electrons. The lowest BCUT2D eigenvalue weighted by molar-refractivity contribution is 0.0541. The highest BCUT2D eigenvalue weighted by molar-refractivity contribution is 9.10. The average Bonchev–Trinajstić information content (AvgIpc) is 2.65. The third kappa shape index (κ3) is 5.67. The molecule has 0 bridgehead atoms.